The van der Waals surface area contributed by atoms with Gasteiger partial charge in [-0.25, -0.2) is 4.98 Å². The number of nitrogens with zero attached hydrogens (tertiary/aromatic N) is 4. The summed E-state index contributed by atoms with van der Waals surface area (Å²) in [7, 11) is 0. The second-order valence-electron chi connectivity index (χ2n) is 8.35. The summed E-state index contributed by atoms with van der Waals surface area (Å²) < 4.78 is 7.69. The van der Waals surface area contributed by atoms with Crippen LogP contribution in [0.25, 0.3) is 22.2 Å². The first-order valence-corrected chi connectivity index (χ1v) is 11.0. The smallest absolute Gasteiger partial charge is 0.132 e. The van der Waals surface area contributed by atoms with E-state index in [2.05, 4.69) is 51.5 Å². The largest absolute Gasteiger partial charge is 0.374 e. The van der Waals surface area contributed by atoms with Crippen LogP contribution in [-0.2, 0) is 11.3 Å². The van der Waals surface area contributed by atoms with Gasteiger partial charge in [-0.3, -0.25) is 15.1 Å². The predicted molar refractivity (Wildman–Crippen MR) is 124 cm³/mol. The Hall–Kier alpha value is -3.43. The quantitative estimate of drug-likeness (QED) is 0.431. The lowest BCUT2D eigenvalue weighted by Crippen LogP contribution is -2.48. The first-order chi connectivity index (χ1) is 15.6. The Kier molecular flexibility index (Phi) is 5.74. The van der Waals surface area contributed by atoms with Crippen LogP contribution < -0.4 is 21.5 Å². The van der Waals surface area contributed by atoms with E-state index in [0.717, 1.165) is 53.4 Å². The number of anilines is 1. The molecule has 1 fully saturated rings. The molecule has 3 aromatic heterocycles. The maximum Gasteiger partial charge on any atom is 0.132 e. The van der Waals surface area contributed by atoms with Crippen LogP contribution in [0.15, 0.2) is 60.5 Å². The van der Waals surface area contributed by atoms with Gasteiger partial charge >= 0.3 is 0 Å². The Balaban J connectivity index is 1.30. The van der Waals surface area contributed by atoms with Gasteiger partial charge in [-0.05, 0) is 35.8 Å². The van der Waals surface area contributed by atoms with Crippen LogP contribution in [0.1, 0.15) is 13.8 Å². The molecule has 0 amide bonds. The Bertz CT molecular complexity index is 1160. The number of hydrogen-bond donors (Lipinski definition) is 4. The number of aromatic nitrogens is 4. The van der Waals surface area contributed by atoms with Crippen LogP contribution in [0.5, 0.6) is 0 Å². The van der Waals surface area contributed by atoms with Gasteiger partial charge in [0.2, 0.25) is 0 Å². The summed E-state index contributed by atoms with van der Waals surface area (Å²) in [5, 5.41) is 11.0. The van der Waals surface area contributed by atoms with Crippen molar-refractivity contribution in [2.75, 3.05) is 25.0 Å². The van der Waals surface area contributed by atoms with Crippen molar-refractivity contribution in [2.24, 2.45) is 5.92 Å². The topological polar surface area (TPSA) is 101 Å². The Morgan fingerprint density at radius 1 is 1.19 bits per heavy atom. The second-order valence-corrected chi connectivity index (χ2v) is 8.35. The zero-order valence-electron chi connectivity index (χ0n) is 18.3. The van der Waals surface area contributed by atoms with Crippen molar-refractivity contribution in [2.45, 2.75) is 26.5 Å². The highest BCUT2D eigenvalue weighted by Gasteiger charge is 2.16. The Labute approximate surface area is 186 Å². The number of fused-ring (bicyclic) bond motifs is 1. The van der Waals surface area contributed by atoms with Gasteiger partial charge in [-0.2, -0.15) is 5.10 Å². The molecule has 2 aliphatic heterocycles. The molecule has 5 rings (SSSR count). The number of pyridine rings is 2. The van der Waals surface area contributed by atoms with E-state index >= 15 is 0 Å². The molecule has 0 atom stereocenters. The fourth-order valence-corrected chi connectivity index (χ4v) is 3.54. The highest BCUT2D eigenvalue weighted by atomic mass is 16.5. The minimum Gasteiger partial charge on any atom is -0.374 e. The van der Waals surface area contributed by atoms with Crippen LogP contribution >= 0.6 is 0 Å². The summed E-state index contributed by atoms with van der Waals surface area (Å²) in [4.78, 5) is 9.35. The summed E-state index contributed by atoms with van der Waals surface area (Å²) in [5.41, 5.74) is 11.1. The molecule has 4 N–H and O–H groups in total. The highest BCUT2D eigenvalue weighted by Crippen LogP contribution is 2.23. The molecule has 32 heavy (non-hydrogen) atoms. The molecule has 166 valence electrons. The molecular weight excluding hydrogens is 404 g/mol. The Morgan fingerprint density at radius 2 is 2.09 bits per heavy atom. The van der Waals surface area contributed by atoms with Crippen molar-refractivity contribution < 1.29 is 4.74 Å². The lowest BCUT2D eigenvalue weighted by Gasteiger charge is -2.26. The second kappa shape index (κ2) is 8.97. The molecule has 0 saturated carbocycles. The maximum absolute atomic E-state index is 5.78. The van der Waals surface area contributed by atoms with Gasteiger partial charge in [0.05, 0.1) is 36.5 Å². The molecule has 0 spiro atoms. The predicted octanol–water partition coefficient (Wildman–Crippen LogP) is 2.38. The summed E-state index contributed by atoms with van der Waals surface area (Å²) >= 11 is 0. The fourth-order valence-electron chi connectivity index (χ4n) is 3.54. The average molecular weight is 433 g/mol. The lowest BCUT2D eigenvalue weighted by atomic mass is 10.0. The van der Waals surface area contributed by atoms with Gasteiger partial charge in [0.25, 0.3) is 0 Å². The third-order valence-electron chi connectivity index (χ3n) is 5.61. The van der Waals surface area contributed by atoms with Crippen molar-refractivity contribution in [3.05, 3.63) is 60.5 Å². The van der Waals surface area contributed by atoms with E-state index < -0.39 is 0 Å². The summed E-state index contributed by atoms with van der Waals surface area (Å²) in [6, 6.07) is 5.95. The molecule has 0 aromatic carbocycles. The van der Waals surface area contributed by atoms with Gasteiger partial charge in [0.15, 0.2) is 0 Å². The molecule has 9 nitrogen and oxygen atoms in total. The van der Waals surface area contributed by atoms with Crippen LogP contribution in [0.3, 0.4) is 0 Å². The van der Waals surface area contributed by atoms with Crippen molar-refractivity contribution in [3.8, 4) is 11.1 Å². The SMILES string of the molecule is CC(C)C1=CNNC(Nc2ccc3ncc(-c4cnn(CCOC5CNC5)c4)cc3n2)=C1. The Morgan fingerprint density at radius 3 is 2.91 bits per heavy atom. The minimum absolute atomic E-state index is 0.340. The molecular formula is C23H28N8O. The van der Waals surface area contributed by atoms with Crippen molar-refractivity contribution in [3.63, 3.8) is 0 Å². The minimum atomic E-state index is 0.340. The van der Waals surface area contributed by atoms with Gasteiger partial charge in [0, 0.05) is 42.8 Å². The van der Waals surface area contributed by atoms with E-state index in [0.29, 0.717) is 18.6 Å². The van der Waals surface area contributed by atoms with E-state index in [9.17, 15) is 0 Å². The van der Waals surface area contributed by atoms with Crippen LogP contribution in [0, 0.1) is 5.92 Å². The number of allylic oxidation sites excluding steroid dienone is 2. The van der Waals surface area contributed by atoms with Gasteiger partial charge < -0.3 is 20.8 Å². The summed E-state index contributed by atoms with van der Waals surface area (Å²) in [6.07, 6.45) is 10.1. The van der Waals surface area contributed by atoms with E-state index in [1.165, 1.54) is 5.57 Å². The summed E-state index contributed by atoms with van der Waals surface area (Å²) in [6.45, 7) is 7.59. The molecule has 0 aliphatic carbocycles. The van der Waals surface area contributed by atoms with Crippen LogP contribution in [0.2, 0.25) is 0 Å². The monoisotopic (exact) mass is 432 g/mol. The molecule has 0 radical (unpaired) electrons. The number of ether oxygens (including phenoxy) is 1. The molecule has 1 saturated heterocycles. The fraction of sp³-hybridized carbons (Fsp3) is 0.348. The number of rotatable bonds is 8. The summed E-state index contributed by atoms with van der Waals surface area (Å²) in [5.74, 6) is 2.04. The zero-order valence-corrected chi connectivity index (χ0v) is 18.3. The van der Waals surface area contributed by atoms with Crippen LogP contribution in [-0.4, -0.2) is 45.5 Å². The maximum atomic E-state index is 5.78. The lowest BCUT2D eigenvalue weighted by molar-refractivity contribution is 0.0137. The van der Waals surface area contributed by atoms with Crippen LogP contribution in [0.4, 0.5) is 5.82 Å². The van der Waals surface area contributed by atoms with Gasteiger partial charge in [0.1, 0.15) is 11.6 Å². The molecule has 0 bridgehead atoms. The molecule has 5 heterocycles. The first-order valence-electron chi connectivity index (χ1n) is 11.0. The molecule has 2 aliphatic rings. The van der Waals surface area contributed by atoms with E-state index in [-0.39, 0.29) is 0 Å². The molecule has 0 unspecified atom stereocenters. The third kappa shape index (κ3) is 4.58. The number of hydrazine groups is 1. The molecule has 9 heteroatoms. The van der Waals surface area contributed by atoms with E-state index in [1.54, 1.807) is 0 Å². The molecule has 3 aromatic rings. The van der Waals surface area contributed by atoms with Crippen molar-refractivity contribution >= 4 is 16.9 Å². The van der Waals surface area contributed by atoms with E-state index in [1.807, 2.05) is 47.7 Å². The average Bonchev–Trinajstić information content (AvgIpc) is 3.24. The zero-order chi connectivity index (χ0) is 21.9. The van der Waals surface area contributed by atoms with Crippen molar-refractivity contribution in [1.82, 2.24) is 35.9 Å². The number of hydrogen-bond acceptors (Lipinski definition) is 8. The standard InChI is InChI=1S/C23H28N8O/c1-15(2)16-8-23(30-26-10-16)29-22-4-3-20-21(28-22)7-17(9-25-20)18-11-27-31(14-18)5-6-32-19-12-24-13-19/h3-4,7-11,14-15,19,24,26,30H,5-6,12-13H2,1-2H3,(H,28,29). The number of nitrogens with one attached hydrogen (secondary N) is 4. The highest BCUT2D eigenvalue weighted by molar-refractivity contribution is 5.81. The van der Waals surface area contributed by atoms with E-state index in [4.69, 9.17) is 9.72 Å². The van der Waals surface area contributed by atoms with Crippen molar-refractivity contribution in [1.29, 1.82) is 0 Å². The van der Waals surface area contributed by atoms with Gasteiger partial charge in [-0.15, -0.1) is 0 Å². The first kappa shape index (κ1) is 20.5. The third-order valence-corrected chi connectivity index (χ3v) is 5.61. The normalized spacial score (nSPS) is 16.2. The van der Waals surface area contributed by atoms with Gasteiger partial charge in [-0.1, -0.05) is 13.8 Å².